The maximum Gasteiger partial charge on any atom is 0.416 e. The van der Waals surface area contributed by atoms with Crippen LogP contribution < -0.4 is 5.32 Å². The molecule has 27 heavy (non-hydrogen) atoms. The number of aliphatic carboxylic acids is 2. The summed E-state index contributed by atoms with van der Waals surface area (Å²) in [5.41, 5.74) is 0.301. The molecule has 140 valence electrons. The Morgan fingerprint density at radius 2 is 1.63 bits per heavy atom. The van der Waals surface area contributed by atoms with E-state index in [2.05, 4.69) is 15.3 Å². The van der Waals surface area contributed by atoms with E-state index >= 15 is 0 Å². The van der Waals surface area contributed by atoms with Crippen molar-refractivity contribution < 1.29 is 33.0 Å². The molecular formula is C17H12F3N3O4. The van der Waals surface area contributed by atoms with Gasteiger partial charge in [-0.1, -0.05) is 24.3 Å². The highest BCUT2D eigenvalue weighted by Gasteiger charge is 2.30. The lowest BCUT2D eigenvalue weighted by Crippen LogP contribution is -2.09. The van der Waals surface area contributed by atoms with E-state index in [9.17, 15) is 13.2 Å². The van der Waals surface area contributed by atoms with Gasteiger partial charge in [-0.15, -0.1) is 0 Å². The van der Waals surface area contributed by atoms with Crippen LogP contribution in [0.4, 0.5) is 24.8 Å². The highest BCUT2D eigenvalue weighted by atomic mass is 19.4. The maximum absolute atomic E-state index is 12.7. The highest BCUT2D eigenvalue weighted by molar-refractivity contribution is 6.27. The summed E-state index contributed by atoms with van der Waals surface area (Å²) in [6.45, 7) is 0. The van der Waals surface area contributed by atoms with E-state index in [4.69, 9.17) is 19.8 Å². The molecule has 1 aromatic heterocycles. The van der Waals surface area contributed by atoms with Gasteiger partial charge in [-0.05, 0) is 24.3 Å². The Kier molecular flexibility index (Phi) is 5.91. The summed E-state index contributed by atoms with van der Waals surface area (Å²) in [5.74, 6) is -3.39. The fraction of sp³-hybridized carbons (Fsp3) is 0.0588. The average Bonchev–Trinajstić information content (AvgIpc) is 2.61. The zero-order chi connectivity index (χ0) is 20.0. The van der Waals surface area contributed by atoms with Gasteiger partial charge in [0.25, 0.3) is 0 Å². The largest absolute Gasteiger partial charge is 0.473 e. The van der Waals surface area contributed by atoms with Gasteiger partial charge in [0.15, 0.2) is 0 Å². The molecular weight excluding hydrogens is 367 g/mol. The molecule has 3 N–H and O–H groups in total. The minimum Gasteiger partial charge on any atom is -0.473 e. The highest BCUT2D eigenvalue weighted by Crippen LogP contribution is 2.31. The molecule has 0 bridgehead atoms. The molecule has 1 heterocycles. The van der Waals surface area contributed by atoms with Crippen LogP contribution in [-0.2, 0) is 15.8 Å². The number of carboxylic acid groups (broad SMARTS) is 2. The van der Waals surface area contributed by atoms with E-state index in [1.165, 1.54) is 12.1 Å². The minimum absolute atomic E-state index is 0.257. The second-order valence-corrected chi connectivity index (χ2v) is 5.07. The molecule has 3 rings (SSSR count). The van der Waals surface area contributed by atoms with Gasteiger partial charge >= 0.3 is 18.1 Å². The van der Waals surface area contributed by atoms with Crippen molar-refractivity contribution in [3.63, 3.8) is 0 Å². The lowest BCUT2D eigenvalue weighted by molar-refractivity contribution is -0.159. The molecule has 0 atom stereocenters. The van der Waals surface area contributed by atoms with Crippen molar-refractivity contribution in [1.82, 2.24) is 9.97 Å². The first-order valence-corrected chi connectivity index (χ1v) is 7.29. The quantitative estimate of drug-likeness (QED) is 0.584. The number of carboxylic acids is 2. The zero-order valence-corrected chi connectivity index (χ0v) is 13.4. The molecule has 0 amide bonds. The first-order chi connectivity index (χ1) is 12.7. The van der Waals surface area contributed by atoms with Crippen LogP contribution in [0.5, 0.6) is 0 Å². The maximum atomic E-state index is 12.7. The van der Waals surface area contributed by atoms with Gasteiger partial charge in [0.1, 0.15) is 0 Å². The van der Waals surface area contributed by atoms with Crippen molar-refractivity contribution in [3.05, 3.63) is 60.3 Å². The smallest absolute Gasteiger partial charge is 0.416 e. The number of carbonyl (C=O) groups is 2. The number of aromatic nitrogens is 2. The van der Waals surface area contributed by atoms with Crippen LogP contribution >= 0.6 is 0 Å². The first kappa shape index (κ1) is 19.6. The van der Waals surface area contributed by atoms with Crippen molar-refractivity contribution in [2.24, 2.45) is 0 Å². The molecule has 2 aromatic carbocycles. The molecule has 0 unspecified atom stereocenters. The molecule has 0 aliphatic rings. The summed E-state index contributed by atoms with van der Waals surface area (Å²) >= 11 is 0. The van der Waals surface area contributed by atoms with Crippen LogP contribution in [0.3, 0.4) is 0 Å². The molecule has 0 saturated carbocycles. The lowest BCUT2D eigenvalue weighted by atomic mass is 10.2. The zero-order valence-electron chi connectivity index (χ0n) is 13.4. The molecule has 0 saturated heterocycles. The summed E-state index contributed by atoms with van der Waals surface area (Å²) in [5, 5.41) is 18.4. The van der Waals surface area contributed by atoms with Gasteiger partial charge in [0.05, 0.1) is 11.1 Å². The van der Waals surface area contributed by atoms with Gasteiger partial charge in [0.2, 0.25) is 5.95 Å². The second-order valence-electron chi connectivity index (χ2n) is 5.07. The number of hydrogen-bond donors (Lipinski definition) is 3. The number of alkyl halides is 3. The Morgan fingerprint density at radius 1 is 0.963 bits per heavy atom. The SMILES string of the molecule is FC(F)(F)c1cccc(Nc2ncc3ccccc3n2)c1.O=C(O)C(=O)O. The molecule has 0 spiro atoms. The molecule has 3 aromatic rings. The molecule has 0 fully saturated rings. The van der Waals surface area contributed by atoms with Crippen LogP contribution in [0.15, 0.2) is 54.7 Å². The minimum atomic E-state index is -4.37. The Balaban J connectivity index is 0.000000380. The van der Waals surface area contributed by atoms with Crippen molar-refractivity contribution in [1.29, 1.82) is 0 Å². The molecule has 7 nitrogen and oxygen atoms in total. The third-order valence-corrected chi connectivity index (χ3v) is 3.12. The average molecular weight is 379 g/mol. The molecule has 0 radical (unpaired) electrons. The van der Waals surface area contributed by atoms with Crippen LogP contribution in [0.2, 0.25) is 0 Å². The van der Waals surface area contributed by atoms with Gasteiger partial charge in [-0.25, -0.2) is 19.6 Å². The molecule has 0 aliphatic carbocycles. The Bertz CT molecular complexity index is 965. The summed E-state index contributed by atoms with van der Waals surface area (Å²) < 4.78 is 38.0. The van der Waals surface area contributed by atoms with Crippen LogP contribution in [0.1, 0.15) is 5.56 Å². The van der Waals surface area contributed by atoms with Crippen LogP contribution in [0.25, 0.3) is 10.9 Å². The standard InChI is InChI=1S/C15H10F3N3.C2H2O4/c16-15(17,18)11-5-3-6-12(8-11)20-14-19-9-10-4-1-2-7-13(10)21-14;3-1(4)2(5)6/h1-9H,(H,19,20,21);(H,3,4)(H,5,6). The predicted molar refractivity (Wildman–Crippen MR) is 89.5 cm³/mol. The number of nitrogens with one attached hydrogen (secondary N) is 1. The van der Waals surface area contributed by atoms with Gasteiger partial charge in [-0.3, -0.25) is 0 Å². The lowest BCUT2D eigenvalue weighted by Gasteiger charge is -2.10. The Morgan fingerprint density at radius 3 is 2.26 bits per heavy atom. The summed E-state index contributed by atoms with van der Waals surface area (Å²) in [7, 11) is 0. The summed E-state index contributed by atoms with van der Waals surface area (Å²) in [6, 6.07) is 12.3. The number of fused-ring (bicyclic) bond motifs is 1. The van der Waals surface area contributed by atoms with E-state index < -0.39 is 23.7 Å². The molecule has 0 aliphatic heterocycles. The third kappa shape index (κ3) is 5.66. The fourth-order valence-corrected chi connectivity index (χ4v) is 1.93. The Labute approximate surface area is 150 Å². The van der Waals surface area contributed by atoms with Crippen molar-refractivity contribution in [2.75, 3.05) is 5.32 Å². The predicted octanol–water partition coefficient (Wildman–Crippen LogP) is 3.55. The summed E-state index contributed by atoms with van der Waals surface area (Å²) in [4.78, 5) is 26.5. The van der Waals surface area contributed by atoms with Crippen molar-refractivity contribution in [2.45, 2.75) is 6.18 Å². The Hall–Kier alpha value is -3.69. The first-order valence-electron chi connectivity index (χ1n) is 7.29. The second kappa shape index (κ2) is 8.13. The number of benzene rings is 2. The monoisotopic (exact) mass is 379 g/mol. The summed E-state index contributed by atoms with van der Waals surface area (Å²) in [6.07, 6.45) is -2.75. The number of para-hydroxylation sites is 1. The van der Waals surface area contributed by atoms with Crippen molar-refractivity contribution >= 4 is 34.5 Å². The van der Waals surface area contributed by atoms with Gasteiger partial charge < -0.3 is 15.5 Å². The number of anilines is 2. The number of halogens is 3. The third-order valence-electron chi connectivity index (χ3n) is 3.12. The number of nitrogens with zero attached hydrogens (tertiary/aromatic N) is 2. The van der Waals surface area contributed by atoms with Crippen LogP contribution in [-0.4, -0.2) is 32.1 Å². The van der Waals surface area contributed by atoms with E-state index in [1.807, 2.05) is 24.3 Å². The van der Waals surface area contributed by atoms with E-state index in [0.29, 0.717) is 5.69 Å². The normalized spacial score (nSPS) is 10.6. The van der Waals surface area contributed by atoms with Gasteiger partial charge in [-0.2, -0.15) is 13.2 Å². The van der Waals surface area contributed by atoms with Crippen molar-refractivity contribution in [3.8, 4) is 0 Å². The van der Waals surface area contributed by atoms with Gasteiger partial charge in [0, 0.05) is 17.3 Å². The topological polar surface area (TPSA) is 112 Å². The molecule has 10 heteroatoms. The van der Waals surface area contributed by atoms with E-state index in [1.54, 1.807) is 6.20 Å². The van der Waals surface area contributed by atoms with E-state index in [0.717, 1.165) is 23.0 Å². The van der Waals surface area contributed by atoms with Crippen LogP contribution in [0, 0.1) is 0 Å². The van der Waals surface area contributed by atoms with E-state index in [-0.39, 0.29) is 5.95 Å². The number of rotatable bonds is 2. The fourth-order valence-electron chi connectivity index (χ4n) is 1.93. The number of hydrogen-bond acceptors (Lipinski definition) is 5.